The maximum absolute atomic E-state index is 12.4. The van der Waals surface area contributed by atoms with Crippen LogP contribution in [0.15, 0.2) is 5.38 Å². The lowest BCUT2D eigenvalue weighted by Gasteiger charge is -2.30. The van der Waals surface area contributed by atoms with E-state index in [0.29, 0.717) is 24.0 Å². The van der Waals surface area contributed by atoms with E-state index in [4.69, 9.17) is 5.11 Å². The highest BCUT2D eigenvalue weighted by Crippen LogP contribution is 2.52. The number of thiazole rings is 1. The molecular formula is C17H23N3O3S. The number of carboxylic acids is 1. The molecule has 1 saturated heterocycles. The number of carbonyl (C=O) groups excluding carboxylic acids is 1. The van der Waals surface area contributed by atoms with Crippen LogP contribution >= 0.6 is 11.3 Å². The molecule has 6 nitrogen and oxygen atoms in total. The van der Waals surface area contributed by atoms with Gasteiger partial charge in [-0.3, -0.25) is 10.1 Å². The fourth-order valence-electron chi connectivity index (χ4n) is 4.65. The van der Waals surface area contributed by atoms with Gasteiger partial charge < -0.3 is 10.0 Å². The van der Waals surface area contributed by atoms with Gasteiger partial charge in [-0.2, -0.15) is 0 Å². The summed E-state index contributed by atoms with van der Waals surface area (Å²) >= 11 is 1.48. The number of urea groups is 1. The van der Waals surface area contributed by atoms with Crippen molar-refractivity contribution >= 4 is 28.5 Å². The molecule has 1 aromatic heterocycles. The number of anilines is 1. The number of fused-ring (bicyclic) bond motifs is 2. The summed E-state index contributed by atoms with van der Waals surface area (Å²) in [5, 5.41) is 14.7. The third-order valence-corrected chi connectivity index (χ3v) is 6.69. The van der Waals surface area contributed by atoms with Gasteiger partial charge in [0, 0.05) is 24.4 Å². The highest BCUT2D eigenvalue weighted by molar-refractivity contribution is 7.13. The second-order valence-corrected chi connectivity index (χ2v) is 8.27. The van der Waals surface area contributed by atoms with Gasteiger partial charge in [-0.05, 0) is 43.9 Å². The van der Waals surface area contributed by atoms with Crippen molar-refractivity contribution < 1.29 is 14.7 Å². The Hall–Kier alpha value is -1.63. The van der Waals surface area contributed by atoms with Gasteiger partial charge in [-0.1, -0.05) is 6.42 Å². The van der Waals surface area contributed by atoms with Crippen LogP contribution in [0.25, 0.3) is 0 Å². The number of nitrogens with one attached hydrogen (secondary N) is 1. The molecule has 4 rings (SSSR count). The Bertz CT molecular complexity index is 647. The van der Waals surface area contributed by atoms with E-state index in [1.54, 1.807) is 4.90 Å². The number of nitrogens with zero attached hydrogens (tertiary/aromatic N) is 2. The van der Waals surface area contributed by atoms with Gasteiger partial charge in [0.1, 0.15) is 0 Å². The second-order valence-electron chi connectivity index (χ2n) is 7.41. The van der Waals surface area contributed by atoms with E-state index in [1.165, 1.54) is 37.0 Å². The van der Waals surface area contributed by atoms with E-state index < -0.39 is 11.9 Å². The maximum Gasteiger partial charge on any atom is 0.323 e. The van der Waals surface area contributed by atoms with E-state index in [2.05, 4.69) is 15.7 Å². The van der Waals surface area contributed by atoms with Crippen molar-refractivity contribution in [1.82, 2.24) is 9.88 Å². The van der Waals surface area contributed by atoms with E-state index in [-0.39, 0.29) is 12.6 Å². The molecule has 2 amide bonds. The van der Waals surface area contributed by atoms with Crippen molar-refractivity contribution in [2.24, 2.45) is 17.8 Å². The van der Waals surface area contributed by atoms with Crippen LogP contribution in [0.2, 0.25) is 0 Å². The van der Waals surface area contributed by atoms with E-state index in [9.17, 15) is 9.59 Å². The number of piperidine rings is 1. The lowest BCUT2D eigenvalue weighted by Crippen LogP contribution is -2.44. The number of amides is 2. The van der Waals surface area contributed by atoms with Gasteiger partial charge in [0.15, 0.2) is 5.13 Å². The Morgan fingerprint density at radius 1 is 1.29 bits per heavy atom. The number of aliphatic carboxylic acids is 1. The number of hydrogen-bond acceptors (Lipinski definition) is 4. The third kappa shape index (κ3) is 3.01. The molecule has 0 spiro atoms. The summed E-state index contributed by atoms with van der Waals surface area (Å²) < 4.78 is 0. The number of aromatic nitrogens is 1. The minimum atomic E-state index is -0.819. The molecule has 1 aliphatic heterocycles. The monoisotopic (exact) mass is 349 g/mol. The van der Waals surface area contributed by atoms with Gasteiger partial charge in [0.25, 0.3) is 0 Å². The predicted molar refractivity (Wildman–Crippen MR) is 91.3 cm³/mol. The number of carboxylic acid groups (broad SMARTS) is 1. The van der Waals surface area contributed by atoms with Gasteiger partial charge in [0.2, 0.25) is 0 Å². The molecule has 0 radical (unpaired) electrons. The topological polar surface area (TPSA) is 82.5 Å². The molecule has 2 saturated carbocycles. The first-order valence-electron chi connectivity index (χ1n) is 8.84. The fraction of sp³-hybridized carbons (Fsp3) is 0.706. The fourth-order valence-corrected chi connectivity index (χ4v) is 5.42. The molecular weight excluding hydrogens is 326 g/mol. The van der Waals surface area contributed by atoms with Crippen LogP contribution in [0.5, 0.6) is 0 Å². The average molecular weight is 349 g/mol. The minimum Gasteiger partial charge on any atom is -0.481 e. The lowest BCUT2D eigenvalue weighted by atomic mass is 9.87. The Kier molecular flexibility index (Phi) is 4.20. The predicted octanol–water partition coefficient (Wildman–Crippen LogP) is 3.38. The van der Waals surface area contributed by atoms with Crippen LogP contribution in [-0.2, 0) is 4.79 Å². The van der Waals surface area contributed by atoms with Crippen LogP contribution in [0.1, 0.15) is 50.1 Å². The zero-order valence-electron chi connectivity index (χ0n) is 13.6. The zero-order valence-corrected chi connectivity index (χ0v) is 14.4. The third-order valence-electron chi connectivity index (χ3n) is 5.91. The van der Waals surface area contributed by atoms with Crippen LogP contribution in [0.4, 0.5) is 9.93 Å². The summed E-state index contributed by atoms with van der Waals surface area (Å²) in [6, 6.07) is -0.227. The lowest BCUT2D eigenvalue weighted by molar-refractivity contribution is -0.143. The Morgan fingerprint density at radius 2 is 2.17 bits per heavy atom. The number of hydrogen-bond donors (Lipinski definition) is 2. The smallest absolute Gasteiger partial charge is 0.323 e. The minimum absolute atomic E-state index is 0.227. The second kappa shape index (κ2) is 6.35. The molecule has 7 heteroatoms. The highest BCUT2D eigenvalue weighted by atomic mass is 32.1. The standard InChI is InChI=1S/C17H23N3O3S/c21-15(22)12-2-1-5-20(8-12)17(23)19-16-18-14(9-24-16)13-7-10-3-4-11(13)6-10/h9-13H,1-8H2,(H,21,22)(H,18,19,23). The Balaban J connectivity index is 1.37. The van der Waals surface area contributed by atoms with Crippen molar-refractivity contribution in [2.75, 3.05) is 18.4 Å². The van der Waals surface area contributed by atoms with Crippen LogP contribution in [-0.4, -0.2) is 40.1 Å². The maximum atomic E-state index is 12.4. The van der Waals surface area contributed by atoms with Crippen LogP contribution < -0.4 is 5.32 Å². The molecule has 3 aliphatic rings. The molecule has 2 bridgehead atoms. The average Bonchev–Trinajstić information content (AvgIpc) is 3.31. The van der Waals surface area contributed by atoms with Crippen LogP contribution in [0, 0.1) is 17.8 Å². The number of rotatable bonds is 3. The summed E-state index contributed by atoms with van der Waals surface area (Å²) in [6.45, 7) is 0.895. The molecule has 3 fully saturated rings. The highest BCUT2D eigenvalue weighted by Gasteiger charge is 2.41. The molecule has 1 aromatic rings. The summed E-state index contributed by atoms with van der Waals surface area (Å²) in [4.78, 5) is 29.7. The molecule has 130 valence electrons. The van der Waals surface area contributed by atoms with Gasteiger partial charge in [-0.25, -0.2) is 9.78 Å². The largest absolute Gasteiger partial charge is 0.481 e. The summed E-state index contributed by atoms with van der Waals surface area (Å²) in [5.74, 6) is 0.947. The van der Waals surface area contributed by atoms with Gasteiger partial charge >= 0.3 is 12.0 Å². The zero-order chi connectivity index (χ0) is 16.7. The summed E-state index contributed by atoms with van der Waals surface area (Å²) in [5.41, 5.74) is 1.13. The van der Waals surface area contributed by atoms with Crippen molar-refractivity contribution in [1.29, 1.82) is 0 Å². The summed E-state index contributed by atoms with van der Waals surface area (Å²) in [6.07, 6.45) is 6.65. The normalized spacial score (nSPS) is 32.1. The number of likely N-dealkylation sites (tertiary alicyclic amines) is 1. The van der Waals surface area contributed by atoms with Crippen molar-refractivity contribution in [3.05, 3.63) is 11.1 Å². The first kappa shape index (κ1) is 15.9. The first-order chi connectivity index (χ1) is 11.6. The SMILES string of the molecule is O=C(O)C1CCCN(C(=O)Nc2nc(C3CC4CCC3C4)cs2)C1. The van der Waals surface area contributed by atoms with Gasteiger partial charge in [-0.15, -0.1) is 11.3 Å². The van der Waals surface area contributed by atoms with Crippen molar-refractivity contribution in [3.8, 4) is 0 Å². The van der Waals surface area contributed by atoms with Crippen molar-refractivity contribution in [3.63, 3.8) is 0 Å². The Labute approximate surface area is 145 Å². The number of carbonyl (C=O) groups is 2. The summed E-state index contributed by atoms with van der Waals surface area (Å²) in [7, 11) is 0. The molecule has 2 N–H and O–H groups in total. The molecule has 2 heterocycles. The van der Waals surface area contributed by atoms with Gasteiger partial charge in [0.05, 0.1) is 11.6 Å². The molecule has 4 atom stereocenters. The molecule has 0 aromatic carbocycles. The van der Waals surface area contributed by atoms with Crippen molar-refractivity contribution in [2.45, 2.75) is 44.4 Å². The van der Waals surface area contributed by atoms with Crippen LogP contribution in [0.3, 0.4) is 0 Å². The quantitative estimate of drug-likeness (QED) is 0.876. The molecule has 4 unspecified atom stereocenters. The van der Waals surface area contributed by atoms with E-state index in [0.717, 1.165) is 24.0 Å². The molecule has 2 aliphatic carbocycles. The molecule has 24 heavy (non-hydrogen) atoms. The Morgan fingerprint density at radius 3 is 2.88 bits per heavy atom. The first-order valence-corrected chi connectivity index (χ1v) is 9.72. The van der Waals surface area contributed by atoms with E-state index in [1.807, 2.05) is 0 Å². The van der Waals surface area contributed by atoms with E-state index >= 15 is 0 Å².